The molecule has 0 fully saturated rings. The molecule has 0 amide bonds. The van der Waals surface area contributed by atoms with Gasteiger partial charge in [-0.05, 0) is 24.1 Å². The van der Waals surface area contributed by atoms with Gasteiger partial charge >= 0.3 is 0 Å². The van der Waals surface area contributed by atoms with Crippen LogP contribution in [-0.2, 0) is 19.5 Å². The van der Waals surface area contributed by atoms with E-state index in [0.717, 1.165) is 30.8 Å². The Morgan fingerprint density at radius 2 is 2.22 bits per heavy atom. The molecular weight excluding hydrogens is 297 g/mol. The maximum atomic E-state index is 14.2. The Kier molecular flexibility index (Phi) is 3.58. The Bertz CT molecular complexity index is 796. The van der Waals surface area contributed by atoms with Crippen LogP contribution in [-0.4, -0.2) is 35.6 Å². The molecule has 3 aromatic rings. The van der Waals surface area contributed by atoms with Crippen LogP contribution in [0.2, 0.25) is 0 Å². The van der Waals surface area contributed by atoms with Crippen molar-refractivity contribution in [3.05, 3.63) is 54.4 Å². The van der Waals surface area contributed by atoms with Crippen molar-refractivity contribution in [3.63, 3.8) is 0 Å². The van der Waals surface area contributed by atoms with Crippen molar-refractivity contribution in [1.29, 1.82) is 0 Å². The van der Waals surface area contributed by atoms with Crippen LogP contribution in [0.15, 0.2) is 37.2 Å². The molecule has 1 aliphatic heterocycles. The summed E-state index contributed by atoms with van der Waals surface area (Å²) in [6.45, 7) is 1.41. The van der Waals surface area contributed by atoms with E-state index in [9.17, 15) is 4.39 Å². The van der Waals surface area contributed by atoms with Gasteiger partial charge in [0.1, 0.15) is 36.3 Å². The second-order valence-corrected chi connectivity index (χ2v) is 5.60. The molecule has 1 atom stereocenters. The van der Waals surface area contributed by atoms with Gasteiger partial charge in [0.2, 0.25) is 0 Å². The molecule has 0 unspecified atom stereocenters. The third kappa shape index (κ3) is 2.85. The number of fused-ring (bicyclic) bond motifs is 1. The molecule has 118 valence electrons. The minimum Gasteiger partial charge on any atom is -0.308 e. The van der Waals surface area contributed by atoms with E-state index in [0.29, 0.717) is 18.3 Å². The second kappa shape index (κ2) is 5.88. The fraction of sp³-hybridized carbons (Fsp3) is 0.333. The Labute approximate surface area is 132 Å². The highest BCUT2D eigenvalue weighted by molar-refractivity contribution is 5.35. The molecule has 7 nitrogen and oxygen atoms in total. The maximum Gasteiger partial charge on any atom is 0.149 e. The van der Waals surface area contributed by atoms with E-state index in [1.807, 2.05) is 10.7 Å². The van der Waals surface area contributed by atoms with Gasteiger partial charge in [-0.1, -0.05) is 6.07 Å². The molecule has 0 bridgehead atoms. The molecule has 0 radical (unpaired) electrons. The monoisotopic (exact) mass is 313 g/mol. The zero-order chi connectivity index (χ0) is 15.6. The predicted octanol–water partition coefficient (Wildman–Crippen LogP) is 1.10. The summed E-state index contributed by atoms with van der Waals surface area (Å²) in [5, 5.41) is 11.6. The lowest BCUT2D eigenvalue weighted by Crippen LogP contribution is -2.37. The average molecular weight is 313 g/mol. The van der Waals surface area contributed by atoms with Gasteiger partial charge in [-0.25, -0.2) is 23.7 Å². The zero-order valence-corrected chi connectivity index (χ0v) is 12.4. The smallest absolute Gasteiger partial charge is 0.149 e. The molecule has 2 aromatic heterocycles. The van der Waals surface area contributed by atoms with Gasteiger partial charge in [0.15, 0.2) is 0 Å². The first-order chi connectivity index (χ1) is 11.3. The number of nitrogens with one attached hydrogen (secondary N) is 1. The van der Waals surface area contributed by atoms with Crippen molar-refractivity contribution in [1.82, 2.24) is 34.8 Å². The van der Waals surface area contributed by atoms with Crippen LogP contribution in [0.4, 0.5) is 4.39 Å². The largest absolute Gasteiger partial charge is 0.308 e. The molecule has 8 heteroatoms. The highest BCUT2D eigenvalue weighted by atomic mass is 19.1. The van der Waals surface area contributed by atoms with Gasteiger partial charge in [-0.3, -0.25) is 0 Å². The van der Waals surface area contributed by atoms with Gasteiger partial charge in [0, 0.05) is 19.0 Å². The van der Waals surface area contributed by atoms with Crippen LogP contribution >= 0.6 is 0 Å². The fourth-order valence-electron chi connectivity index (χ4n) is 2.85. The highest BCUT2D eigenvalue weighted by Crippen LogP contribution is 2.15. The molecule has 3 heterocycles. The number of aromatic nitrogens is 6. The summed E-state index contributed by atoms with van der Waals surface area (Å²) < 4.78 is 17.5. The summed E-state index contributed by atoms with van der Waals surface area (Å²) in [7, 11) is 0. The first kappa shape index (κ1) is 14.0. The number of hydrogen-bond acceptors (Lipinski definition) is 5. The maximum absolute atomic E-state index is 14.2. The first-order valence-electron chi connectivity index (χ1n) is 7.53. The number of halogens is 1. The summed E-state index contributed by atoms with van der Waals surface area (Å²) in [6, 6.07) is 5.48. The lowest BCUT2D eigenvalue weighted by Gasteiger charge is -2.23. The van der Waals surface area contributed by atoms with Crippen molar-refractivity contribution in [2.75, 3.05) is 0 Å². The third-order valence-electron chi connectivity index (χ3n) is 4.08. The van der Waals surface area contributed by atoms with Crippen molar-refractivity contribution in [2.45, 2.75) is 32.0 Å². The van der Waals surface area contributed by atoms with E-state index in [2.05, 4.69) is 25.5 Å². The summed E-state index contributed by atoms with van der Waals surface area (Å²) in [6.07, 6.45) is 6.38. The van der Waals surface area contributed by atoms with E-state index in [4.69, 9.17) is 0 Å². The van der Waals surface area contributed by atoms with Crippen molar-refractivity contribution >= 4 is 0 Å². The van der Waals surface area contributed by atoms with Crippen LogP contribution in [0.3, 0.4) is 0 Å². The van der Waals surface area contributed by atoms with E-state index in [1.165, 1.54) is 23.4 Å². The van der Waals surface area contributed by atoms with Gasteiger partial charge in [0.25, 0.3) is 0 Å². The molecule has 23 heavy (non-hydrogen) atoms. The highest BCUT2D eigenvalue weighted by Gasteiger charge is 2.19. The number of hydrogen-bond donors (Lipinski definition) is 1. The van der Waals surface area contributed by atoms with Crippen LogP contribution < -0.4 is 5.32 Å². The zero-order valence-electron chi connectivity index (χ0n) is 12.4. The lowest BCUT2D eigenvalue weighted by molar-refractivity contribution is 0.358. The normalized spacial score (nSPS) is 17.2. The molecule has 0 spiro atoms. The fourth-order valence-corrected chi connectivity index (χ4v) is 2.85. The van der Waals surface area contributed by atoms with Gasteiger partial charge < -0.3 is 5.32 Å². The molecule has 1 aliphatic rings. The molecule has 0 saturated carbocycles. The summed E-state index contributed by atoms with van der Waals surface area (Å²) in [4.78, 5) is 8.05. The van der Waals surface area contributed by atoms with Crippen LogP contribution in [0, 0.1) is 5.82 Å². The van der Waals surface area contributed by atoms with Crippen molar-refractivity contribution in [3.8, 4) is 5.69 Å². The molecular formula is C15H16FN7. The molecule has 4 rings (SSSR count). The Balaban J connectivity index is 1.41. The average Bonchev–Trinajstić information content (AvgIpc) is 3.24. The molecule has 0 aliphatic carbocycles. The minimum atomic E-state index is -0.308. The molecule has 0 saturated heterocycles. The SMILES string of the molecule is Fc1cc(CN[C@H]2CCc3ncnn3C2)ccc1-n1cncn1. The van der Waals surface area contributed by atoms with Crippen LogP contribution in [0.25, 0.3) is 5.69 Å². The second-order valence-electron chi connectivity index (χ2n) is 5.60. The van der Waals surface area contributed by atoms with Crippen LogP contribution in [0.1, 0.15) is 17.8 Å². The summed E-state index contributed by atoms with van der Waals surface area (Å²) >= 11 is 0. The van der Waals surface area contributed by atoms with Crippen LogP contribution in [0.5, 0.6) is 0 Å². The third-order valence-corrected chi connectivity index (χ3v) is 4.08. The number of nitrogens with zero attached hydrogens (tertiary/aromatic N) is 6. The van der Waals surface area contributed by atoms with E-state index in [1.54, 1.807) is 12.4 Å². The lowest BCUT2D eigenvalue weighted by atomic mass is 10.1. The Hall–Kier alpha value is -2.61. The quantitative estimate of drug-likeness (QED) is 0.781. The van der Waals surface area contributed by atoms with Gasteiger partial charge in [-0.15, -0.1) is 0 Å². The molecule has 1 N–H and O–H groups in total. The standard InChI is InChI=1S/C15H16FN7/c16-13-5-11(1-3-14(13)23-10-17-8-20-23)6-18-12-2-4-15-19-9-21-22(15)7-12/h1,3,5,8-10,12,18H,2,4,6-7H2/t12-/m0/s1. The molecule has 1 aromatic carbocycles. The van der Waals surface area contributed by atoms with Crippen molar-refractivity contribution < 1.29 is 4.39 Å². The minimum absolute atomic E-state index is 0.308. The van der Waals surface area contributed by atoms with E-state index >= 15 is 0 Å². The number of aryl methyl sites for hydroxylation is 1. The van der Waals surface area contributed by atoms with Gasteiger partial charge in [-0.2, -0.15) is 10.2 Å². The van der Waals surface area contributed by atoms with Gasteiger partial charge in [0.05, 0.1) is 6.54 Å². The number of benzene rings is 1. The van der Waals surface area contributed by atoms with E-state index < -0.39 is 0 Å². The first-order valence-corrected chi connectivity index (χ1v) is 7.53. The summed E-state index contributed by atoms with van der Waals surface area (Å²) in [5.41, 5.74) is 1.30. The summed E-state index contributed by atoms with van der Waals surface area (Å²) in [5.74, 6) is 0.725. The predicted molar refractivity (Wildman–Crippen MR) is 80.3 cm³/mol. The van der Waals surface area contributed by atoms with E-state index in [-0.39, 0.29) is 5.82 Å². The van der Waals surface area contributed by atoms with Crippen molar-refractivity contribution in [2.24, 2.45) is 0 Å². The topological polar surface area (TPSA) is 73.5 Å². The Morgan fingerprint density at radius 3 is 3.04 bits per heavy atom. The Morgan fingerprint density at radius 1 is 1.26 bits per heavy atom. The number of rotatable bonds is 4.